The average Bonchev–Trinajstić information content (AvgIpc) is 3.72. The summed E-state index contributed by atoms with van der Waals surface area (Å²) >= 11 is 0. The van der Waals surface area contributed by atoms with Crippen LogP contribution in [0.2, 0.25) is 0 Å². The van der Waals surface area contributed by atoms with Crippen LogP contribution in [0.15, 0.2) is 42.5 Å². The van der Waals surface area contributed by atoms with Crippen LogP contribution < -0.4 is 10.1 Å². The smallest absolute Gasteiger partial charge is 0.335 e. The largest absolute Gasteiger partial charge is 0.488 e. The number of rotatable bonds is 9. The zero-order valence-electron chi connectivity index (χ0n) is 21.5. The molecule has 3 atom stereocenters. The van der Waals surface area contributed by atoms with Crippen LogP contribution in [-0.4, -0.2) is 76.7 Å². The number of nitrogens with zero attached hydrogens (tertiary/aromatic N) is 2. The Morgan fingerprint density at radius 1 is 1.19 bits per heavy atom. The van der Waals surface area contributed by atoms with Gasteiger partial charge in [0.15, 0.2) is 0 Å². The number of carboxylic acids is 1. The summed E-state index contributed by atoms with van der Waals surface area (Å²) in [5, 5.41) is 21.9. The van der Waals surface area contributed by atoms with Crippen molar-refractivity contribution in [2.75, 3.05) is 32.1 Å². The number of amides is 2. The molecule has 0 unspecified atom stereocenters. The van der Waals surface area contributed by atoms with Crippen LogP contribution >= 0.6 is 0 Å². The molecule has 0 bridgehead atoms. The fraction of sp³-hybridized carbons (Fsp3) is 0.464. The number of carbonyl (C=O) groups excluding carboxylic acids is 2. The van der Waals surface area contributed by atoms with Gasteiger partial charge >= 0.3 is 5.97 Å². The van der Waals surface area contributed by atoms with Gasteiger partial charge in [0.2, 0.25) is 5.91 Å². The number of likely N-dealkylation sites (N-methyl/N-ethyl adjacent to an activating group) is 1. The highest BCUT2D eigenvalue weighted by Gasteiger charge is 2.34. The van der Waals surface area contributed by atoms with Gasteiger partial charge in [-0.15, -0.1) is 0 Å². The maximum atomic E-state index is 13.5. The molecule has 3 N–H and O–H groups in total. The highest BCUT2D eigenvalue weighted by Crippen LogP contribution is 2.33. The van der Waals surface area contributed by atoms with Gasteiger partial charge in [0.05, 0.1) is 23.8 Å². The Hall–Kier alpha value is -3.43. The molecular weight excluding hydrogens is 474 g/mol. The van der Waals surface area contributed by atoms with Crippen molar-refractivity contribution in [1.29, 1.82) is 0 Å². The van der Waals surface area contributed by atoms with Crippen LogP contribution in [0, 0.1) is 11.8 Å². The molecule has 0 saturated heterocycles. The van der Waals surface area contributed by atoms with E-state index < -0.39 is 5.97 Å². The fourth-order valence-electron chi connectivity index (χ4n) is 4.54. The number of carboxylic acid groups (broad SMARTS) is 1. The van der Waals surface area contributed by atoms with E-state index in [4.69, 9.17) is 9.84 Å². The minimum Gasteiger partial charge on any atom is -0.488 e. The lowest BCUT2D eigenvalue weighted by Gasteiger charge is -2.38. The summed E-state index contributed by atoms with van der Waals surface area (Å²) in [4.78, 5) is 40.7. The molecule has 37 heavy (non-hydrogen) atoms. The molecule has 9 nitrogen and oxygen atoms in total. The van der Waals surface area contributed by atoms with Crippen molar-refractivity contribution in [3.63, 3.8) is 0 Å². The van der Waals surface area contributed by atoms with Crippen molar-refractivity contribution in [3.05, 3.63) is 59.2 Å². The van der Waals surface area contributed by atoms with E-state index in [2.05, 4.69) is 10.2 Å². The lowest BCUT2D eigenvalue weighted by atomic mass is 9.99. The number of aromatic carboxylic acids is 1. The van der Waals surface area contributed by atoms with E-state index in [-0.39, 0.29) is 48.0 Å². The molecule has 4 rings (SSSR count). The molecule has 198 valence electrons. The summed E-state index contributed by atoms with van der Waals surface area (Å²) in [6, 6.07) is 11.6. The second-order valence-electron chi connectivity index (χ2n) is 10.3. The minimum absolute atomic E-state index is 0.0304. The lowest BCUT2D eigenvalue weighted by Crippen LogP contribution is -2.49. The van der Waals surface area contributed by atoms with Gasteiger partial charge in [-0.1, -0.05) is 19.1 Å². The minimum atomic E-state index is -0.957. The highest BCUT2D eigenvalue weighted by molar-refractivity contribution is 6.00. The summed E-state index contributed by atoms with van der Waals surface area (Å²) in [6.07, 6.45) is 1.52. The van der Waals surface area contributed by atoms with Crippen LogP contribution in [0.3, 0.4) is 0 Å². The Labute approximate surface area is 217 Å². The first-order valence-corrected chi connectivity index (χ1v) is 12.7. The number of aliphatic hydroxyl groups excluding tert-OH is 1. The summed E-state index contributed by atoms with van der Waals surface area (Å²) in [5.74, 6) is -0.777. The molecule has 0 radical (unpaired) electrons. The van der Waals surface area contributed by atoms with E-state index in [1.807, 2.05) is 20.9 Å². The highest BCUT2D eigenvalue weighted by atomic mass is 16.5. The number of aliphatic hydroxyl groups is 1. The van der Waals surface area contributed by atoms with Gasteiger partial charge < -0.3 is 25.2 Å². The molecule has 2 aliphatic rings. The van der Waals surface area contributed by atoms with Gasteiger partial charge in [-0.05, 0) is 62.7 Å². The van der Waals surface area contributed by atoms with E-state index in [1.54, 1.807) is 47.4 Å². The molecule has 2 aromatic rings. The molecule has 1 aliphatic carbocycles. The number of carbonyl (C=O) groups is 3. The fourth-order valence-corrected chi connectivity index (χ4v) is 4.54. The van der Waals surface area contributed by atoms with Crippen LogP contribution in [0.4, 0.5) is 5.69 Å². The third-order valence-corrected chi connectivity index (χ3v) is 7.03. The first-order valence-electron chi connectivity index (χ1n) is 12.7. The van der Waals surface area contributed by atoms with E-state index in [9.17, 15) is 19.5 Å². The standard InChI is InChI=1S/C28H35N3O6/c1-17-13-31(18(2)16-32)27(34)23-12-22(29-26(33)20-8-9-20)10-11-24(23)37-25(17)15-30(3)14-19-4-6-21(7-5-19)28(35)36/h4-7,10-12,17-18,20,25,32H,8-9,13-16H2,1-3H3,(H,29,33)(H,35,36)/t17-,18-,25-/m1/s1. The van der Waals surface area contributed by atoms with Gasteiger partial charge in [-0.3, -0.25) is 14.5 Å². The van der Waals surface area contributed by atoms with Gasteiger partial charge in [0.25, 0.3) is 5.91 Å². The molecule has 2 amide bonds. The number of nitrogens with one attached hydrogen (secondary N) is 1. The zero-order valence-corrected chi connectivity index (χ0v) is 21.5. The third kappa shape index (κ3) is 6.47. The monoisotopic (exact) mass is 509 g/mol. The normalized spacial score (nSPS) is 20.5. The van der Waals surface area contributed by atoms with E-state index >= 15 is 0 Å². The first-order chi connectivity index (χ1) is 17.7. The predicted octanol–water partition coefficient (Wildman–Crippen LogP) is 3.09. The molecule has 0 spiro atoms. The van der Waals surface area contributed by atoms with Gasteiger partial charge in [-0.2, -0.15) is 0 Å². The van der Waals surface area contributed by atoms with Gasteiger partial charge in [0.1, 0.15) is 11.9 Å². The molecule has 1 fully saturated rings. The molecule has 1 heterocycles. The summed E-state index contributed by atoms with van der Waals surface area (Å²) in [7, 11) is 1.97. The molecule has 2 aromatic carbocycles. The number of hydrogen-bond acceptors (Lipinski definition) is 6. The summed E-state index contributed by atoms with van der Waals surface area (Å²) in [6.45, 7) is 5.25. The Bertz CT molecular complexity index is 1150. The Balaban J connectivity index is 1.55. The van der Waals surface area contributed by atoms with Crippen LogP contribution in [0.1, 0.15) is 53.0 Å². The second-order valence-corrected chi connectivity index (χ2v) is 10.3. The van der Waals surface area contributed by atoms with Gasteiger partial charge in [-0.25, -0.2) is 4.79 Å². The number of ether oxygens (including phenoxy) is 1. The number of anilines is 1. The van der Waals surface area contributed by atoms with E-state index in [0.29, 0.717) is 36.6 Å². The second kappa shape index (κ2) is 11.3. The van der Waals surface area contributed by atoms with Crippen molar-refractivity contribution in [2.45, 2.75) is 45.4 Å². The number of benzene rings is 2. The average molecular weight is 510 g/mol. The summed E-state index contributed by atoms with van der Waals surface area (Å²) in [5.41, 5.74) is 2.14. The number of fused-ring (bicyclic) bond motifs is 1. The topological polar surface area (TPSA) is 119 Å². The maximum absolute atomic E-state index is 13.5. The van der Waals surface area contributed by atoms with Crippen LogP contribution in [0.25, 0.3) is 0 Å². The summed E-state index contributed by atoms with van der Waals surface area (Å²) < 4.78 is 6.42. The quantitative estimate of drug-likeness (QED) is 0.475. The Kier molecular flexibility index (Phi) is 8.14. The van der Waals surface area contributed by atoms with E-state index in [1.165, 1.54) is 0 Å². The Morgan fingerprint density at radius 3 is 2.51 bits per heavy atom. The Morgan fingerprint density at radius 2 is 1.89 bits per heavy atom. The van der Waals surface area contributed by atoms with Crippen LogP contribution in [-0.2, 0) is 11.3 Å². The van der Waals surface area contributed by atoms with E-state index in [0.717, 1.165) is 18.4 Å². The van der Waals surface area contributed by atoms with Crippen molar-refractivity contribution in [3.8, 4) is 5.75 Å². The third-order valence-electron chi connectivity index (χ3n) is 7.03. The van der Waals surface area contributed by atoms with Crippen molar-refractivity contribution >= 4 is 23.5 Å². The van der Waals surface area contributed by atoms with Crippen LogP contribution in [0.5, 0.6) is 5.75 Å². The molecule has 9 heteroatoms. The van der Waals surface area contributed by atoms with Crippen molar-refractivity contribution in [2.24, 2.45) is 11.8 Å². The predicted molar refractivity (Wildman–Crippen MR) is 139 cm³/mol. The lowest BCUT2D eigenvalue weighted by molar-refractivity contribution is -0.117. The maximum Gasteiger partial charge on any atom is 0.335 e. The molecule has 0 aromatic heterocycles. The molecular formula is C28H35N3O6. The SMILES string of the molecule is C[C@@H]1CN([C@H](C)CO)C(=O)c2cc(NC(=O)C3CC3)ccc2O[C@@H]1CN(C)Cc1ccc(C(=O)O)cc1. The van der Waals surface area contributed by atoms with Crippen molar-refractivity contribution in [1.82, 2.24) is 9.80 Å². The van der Waals surface area contributed by atoms with Crippen molar-refractivity contribution < 1.29 is 29.3 Å². The molecule has 1 aliphatic heterocycles. The zero-order chi connectivity index (χ0) is 26.7. The van der Waals surface area contributed by atoms with Gasteiger partial charge in [0, 0.05) is 37.2 Å². The molecule has 1 saturated carbocycles. The first kappa shape index (κ1) is 26.6. The number of hydrogen-bond donors (Lipinski definition) is 3.